The number of cyclic esters (lactones) is 1. The van der Waals surface area contributed by atoms with Crippen molar-refractivity contribution in [2.45, 2.75) is 32.3 Å². The lowest BCUT2D eigenvalue weighted by atomic mass is 10.1. The Morgan fingerprint density at radius 2 is 1.84 bits per heavy atom. The maximum atomic E-state index is 12.6. The zero-order valence-corrected chi connectivity index (χ0v) is 17.5. The average Bonchev–Trinajstić information content (AvgIpc) is 3.34. The second kappa shape index (κ2) is 9.47. The Morgan fingerprint density at radius 3 is 2.53 bits per heavy atom. The minimum Gasteiger partial charge on any atom is -0.485 e. The number of ether oxygens (including phenoxy) is 2. The number of aryl methyl sites for hydroxylation is 2. The van der Waals surface area contributed by atoms with Crippen LogP contribution in [0.2, 0.25) is 0 Å². The van der Waals surface area contributed by atoms with E-state index in [1.165, 1.54) is 0 Å². The third-order valence-electron chi connectivity index (χ3n) is 5.07. The summed E-state index contributed by atoms with van der Waals surface area (Å²) in [7, 11) is 0. The number of carbonyl (C=O) groups excluding carboxylic acids is 3. The summed E-state index contributed by atoms with van der Waals surface area (Å²) in [5, 5.41) is 2.12. The van der Waals surface area contributed by atoms with Gasteiger partial charge >= 0.3 is 6.09 Å². The number of oxazole rings is 1. The first-order valence-corrected chi connectivity index (χ1v) is 10.3. The van der Waals surface area contributed by atoms with Crippen molar-refractivity contribution in [2.75, 3.05) is 6.61 Å². The normalized spacial score (nSPS) is 15.3. The average molecular weight is 434 g/mol. The van der Waals surface area contributed by atoms with Gasteiger partial charge in [-0.05, 0) is 56.0 Å². The summed E-state index contributed by atoms with van der Waals surface area (Å²) in [5.74, 6) is 0.772. The first kappa shape index (κ1) is 21.3. The van der Waals surface area contributed by atoms with Crippen LogP contribution < -0.4 is 10.1 Å². The zero-order chi connectivity index (χ0) is 22.5. The Morgan fingerprint density at radius 1 is 1.09 bits per heavy atom. The van der Waals surface area contributed by atoms with Crippen molar-refractivity contribution in [1.29, 1.82) is 0 Å². The maximum absolute atomic E-state index is 12.6. The van der Waals surface area contributed by atoms with Gasteiger partial charge < -0.3 is 13.9 Å². The van der Waals surface area contributed by atoms with Crippen LogP contribution in [0.25, 0.3) is 11.5 Å². The molecule has 164 valence electrons. The topological polar surface area (TPSA) is 108 Å². The van der Waals surface area contributed by atoms with Crippen LogP contribution in [0.4, 0.5) is 4.79 Å². The number of nitrogens with zero attached hydrogens (tertiary/aromatic N) is 1. The van der Waals surface area contributed by atoms with Crippen LogP contribution in [0.5, 0.6) is 5.75 Å². The number of imide groups is 1. The molecule has 1 aromatic heterocycles. The molecule has 1 aliphatic heterocycles. The van der Waals surface area contributed by atoms with E-state index in [1.807, 2.05) is 42.5 Å². The Kier molecular flexibility index (Phi) is 6.30. The summed E-state index contributed by atoms with van der Waals surface area (Å²) in [6.45, 7) is 1.56. The molecule has 1 unspecified atom stereocenters. The molecule has 32 heavy (non-hydrogen) atoms. The molecule has 1 aliphatic rings. The predicted molar refractivity (Wildman–Crippen MR) is 114 cm³/mol. The molecule has 0 bridgehead atoms. The Hall–Kier alpha value is -3.94. The smallest absolute Gasteiger partial charge is 0.414 e. The van der Waals surface area contributed by atoms with Crippen molar-refractivity contribution in [1.82, 2.24) is 10.3 Å². The van der Waals surface area contributed by atoms with E-state index in [0.29, 0.717) is 30.2 Å². The summed E-state index contributed by atoms with van der Waals surface area (Å²) >= 11 is 0. The highest BCUT2D eigenvalue weighted by Crippen LogP contribution is 2.22. The molecule has 2 aromatic carbocycles. The highest BCUT2D eigenvalue weighted by atomic mass is 16.6. The van der Waals surface area contributed by atoms with Crippen molar-refractivity contribution < 1.29 is 28.3 Å². The number of amides is 2. The Bertz CT molecular complexity index is 1120. The lowest BCUT2D eigenvalue weighted by molar-refractivity contribution is -0.123. The second-order valence-electron chi connectivity index (χ2n) is 7.42. The van der Waals surface area contributed by atoms with Crippen LogP contribution in [0, 0.1) is 6.92 Å². The van der Waals surface area contributed by atoms with Crippen molar-refractivity contribution in [3.8, 4) is 17.2 Å². The summed E-state index contributed by atoms with van der Waals surface area (Å²) in [5.41, 5.74) is 2.11. The van der Waals surface area contributed by atoms with E-state index >= 15 is 0 Å². The number of nitrogens with one attached hydrogen (secondary N) is 1. The van der Waals surface area contributed by atoms with Gasteiger partial charge in [0.1, 0.15) is 11.5 Å². The van der Waals surface area contributed by atoms with Crippen molar-refractivity contribution in [3.05, 3.63) is 71.6 Å². The Balaban J connectivity index is 1.27. The highest BCUT2D eigenvalue weighted by molar-refractivity contribution is 5.99. The summed E-state index contributed by atoms with van der Waals surface area (Å²) in [6.07, 6.45) is 0.485. The van der Waals surface area contributed by atoms with E-state index in [-0.39, 0.29) is 24.0 Å². The molecule has 1 saturated heterocycles. The largest absolute Gasteiger partial charge is 0.485 e. The number of aromatic nitrogens is 1. The number of carbonyl (C=O) groups is 3. The molecule has 8 nitrogen and oxygen atoms in total. The third-order valence-corrected chi connectivity index (χ3v) is 5.07. The van der Waals surface area contributed by atoms with Gasteiger partial charge in [0.05, 0.1) is 0 Å². The predicted octanol–water partition coefficient (Wildman–Crippen LogP) is 3.87. The molecule has 2 amide bonds. The molecule has 3 aromatic rings. The quantitative estimate of drug-likeness (QED) is 0.509. The van der Waals surface area contributed by atoms with Gasteiger partial charge in [0.2, 0.25) is 11.7 Å². The summed E-state index contributed by atoms with van der Waals surface area (Å²) < 4.78 is 16.1. The van der Waals surface area contributed by atoms with Crippen LogP contribution in [0.15, 0.2) is 59.0 Å². The van der Waals surface area contributed by atoms with E-state index in [9.17, 15) is 14.4 Å². The number of ketones is 1. The number of alkyl carbamates (subject to hydrolysis) is 1. The van der Waals surface area contributed by atoms with Crippen LogP contribution in [-0.4, -0.2) is 35.5 Å². The SMILES string of the molecule is Cc1oc(-c2ccccc2)nc1C(=O)COc1ccc(CCCC2OC(=O)NC2=O)cc1. The molecule has 0 radical (unpaired) electrons. The number of benzene rings is 2. The second-order valence-corrected chi connectivity index (χ2v) is 7.42. The van der Waals surface area contributed by atoms with E-state index < -0.39 is 12.2 Å². The molecule has 8 heteroatoms. The summed E-state index contributed by atoms with van der Waals surface area (Å²) in [4.78, 5) is 39.4. The monoisotopic (exact) mass is 434 g/mol. The highest BCUT2D eigenvalue weighted by Gasteiger charge is 2.31. The fraction of sp³-hybridized carbons (Fsp3) is 0.250. The van der Waals surface area contributed by atoms with Gasteiger partial charge in [0.25, 0.3) is 5.91 Å². The van der Waals surface area contributed by atoms with Crippen LogP contribution >= 0.6 is 0 Å². The first-order chi connectivity index (χ1) is 15.5. The van der Waals surface area contributed by atoms with E-state index in [2.05, 4.69) is 10.3 Å². The lowest BCUT2D eigenvalue weighted by Crippen LogP contribution is -2.24. The summed E-state index contributed by atoms with van der Waals surface area (Å²) in [6, 6.07) is 16.8. The number of hydrogen-bond donors (Lipinski definition) is 1. The first-order valence-electron chi connectivity index (χ1n) is 10.3. The number of rotatable bonds is 9. The van der Waals surface area contributed by atoms with Gasteiger partial charge in [-0.2, -0.15) is 0 Å². The lowest BCUT2D eigenvalue weighted by Gasteiger charge is -2.08. The van der Waals surface area contributed by atoms with Crippen molar-refractivity contribution in [2.24, 2.45) is 0 Å². The van der Waals surface area contributed by atoms with Gasteiger partial charge in [0, 0.05) is 5.56 Å². The van der Waals surface area contributed by atoms with Crippen LogP contribution in [-0.2, 0) is 16.0 Å². The molecule has 1 fully saturated rings. The van der Waals surface area contributed by atoms with Gasteiger partial charge in [-0.3, -0.25) is 14.9 Å². The van der Waals surface area contributed by atoms with Crippen molar-refractivity contribution in [3.63, 3.8) is 0 Å². The standard InChI is InChI=1S/C24H22N2O6/c1-15-21(25-23(31-15)17-7-3-2-4-8-17)19(27)14-30-18-12-10-16(11-13-18)6-5-9-20-22(28)26-24(29)32-20/h2-4,7-8,10-13,20H,5-6,9,14H2,1H3,(H,26,28,29). The minimum atomic E-state index is -0.710. The number of Topliss-reactive ketones (excluding diaryl/α,β-unsaturated/α-hetero) is 1. The molecule has 0 spiro atoms. The van der Waals surface area contributed by atoms with Gasteiger partial charge in [0.15, 0.2) is 18.4 Å². The van der Waals surface area contributed by atoms with Gasteiger partial charge in [-0.15, -0.1) is 0 Å². The molecule has 1 atom stereocenters. The van der Waals surface area contributed by atoms with Crippen LogP contribution in [0.1, 0.15) is 34.7 Å². The van der Waals surface area contributed by atoms with Crippen molar-refractivity contribution >= 4 is 17.8 Å². The van der Waals surface area contributed by atoms with E-state index in [1.54, 1.807) is 19.1 Å². The zero-order valence-electron chi connectivity index (χ0n) is 17.5. The third kappa shape index (κ3) is 5.03. The Labute approximate surface area is 184 Å². The molecule has 1 N–H and O–H groups in total. The van der Waals surface area contributed by atoms with Crippen LogP contribution in [0.3, 0.4) is 0 Å². The molecular formula is C24H22N2O6. The molecule has 2 heterocycles. The fourth-order valence-corrected chi connectivity index (χ4v) is 3.40. The maximum Gasteiger partial charge on any atom is 0.414 e. The van der Waals surface area contributed by atoms with E-state index in [4.69, 9.17) is 13.9 Å². The van der Waals surface area contributed by atoms with Gasteiger partial charge in [-0.25, -0.2) is 9.78 Å². The fourth-order valence-electron chi connectivity index (χ4n) is 3.40. The van der Waals surface area contributed by atoms with E-state index in [0.717, 1.165) is 17.5 Å². The molecule has 4 rings (SSSR count). The molecular weight excluding hydrogens is 412 g/mol. The minimum absolute atomic E-state index is 0.150. The molecule has 0 aliphatic carbocycles. The number of hydrogen-bond acceptors (Lipinski definition) is 7. The van der Waals surface area contributed by atoms with Gasteiger partial charge in [-0.1, -0.05) is 30.3 Å². The molecule has 0 saturated carbocycles.